The van der Waals surface area contributed by atoms with Crippen LogP contribution in [0.15, 0.2) is 0 Å². The lowest BCUT2D eigenvalue weighted by atomic mass is 9.87. The molecular formula is C13H20N2O3. The van der Waals surface area contributed by atoms with Crippen molar-refractivity contribution >= 4 is 11.9 Å². The maximum Gasteiger partial charge on any atom is 0.308 e. The van der Waals surface area contributed by atoms with Crippen LogP contribution < -0.4 is 5.32 Å². The van der Waals surface area contributed by atoms with Crippen molar-refractivity contribution in [2.45, 2.75) is 44.2 Å². The molecule has 3 fully saturated rings. The third-order valence-electron chi connectivity index (χ3n) is 4.70. The smallest absolute Gasteiger partial charge is 0.308 e. The lowest BCUT2D eigenvalue weighted by Crippen LogP contribution is -2.47. The van der Waals surface area contributed by atoms with Crippen molar-refractivity contribution in [2.75, 3.05) is 13.1 Å². The number of carboxylic acid groups (broad SMARTS) is 1. The molecule has 0 spiro atoms. The maximum absolute atomic E-state index is 12.5. The number of piperidine rings is 1. The molecule has 3 saturated heterocycles. The monoisotopic (exact) mass is 252 g/mol. The van der Waals surface area contributed by atoms with Gasteiger partial charge in [-0.25, -0.2) is 0 Å². The van der Waals surface area contributed by atoms with E-state index in [1.54, 1.807) is 4.90 Å². The van der Waals surface area contributed by atoms with E-state index >= 15 is 0 Å². The second kappa shape index (κ2) is 4.53. The van der Waals surface area contributed by atoms with Crippen LogP contribution in [0.25, 0.3) is 0 Å². The van der Waals surface area contributed by atoms with Gasteiger partial charge in [-0.05, 0) is 32.1 Å². The third-order valence-corrected chi connectivity index (χ3v) is 4.70. The predicted molar refractivity (Wildman–Crippen MR) is 65.0 cm³/mol. The number of rotatable bonds is 2. The van der Waals surface area contributed by atoms with Crippen LogP contribution in [0.5, 0.6) is 0 Å². The highest BCUT2D eigenvalue weighted by Crippen LogP contribution is 2.35. The Morgan fingerprint density at radius 2 is 2.06 bits per heavy atom. The number of carboxylic acids is 1. The SMILES string of the molecule is O=C(O)[C@@H]1CCCN(C(=O)C2CC3CCC2N3)C1. The number of carbonyl (C=O) groups excluding carboxylic acids is 1. The fourth-order valence-corrected chi connectivity index (χ4v) is 3.71. The zero-order chi connectivity index (χ0) is 12.7. The van der Waals surface area contributed by atoms with Crippen LogP contribution in [0.2, 0.25) is 0 Å². The van der Waals surface area contributed by atoms with E-state index < -0.39 is 5.97 Å². The van der Waals surface area contributed by atoms with E-state index in [0.29, 0.717) is 25.0 Å². The van der Waals surface area contributed by atoms with Gasteiger partial charge in [0, 0.05) is 25.2 Å². The van der Waals surface area contributed by atoms with Crippen LogP contribution in [0.4, 0.5) is 0 Å². The minimum absolute atomic E-state index is 0.0938. The first-order valence-electron chi connectivity index (χ1n) is 6.93. The van der Waals surface area contributed by atoms with Crippen molar-refractivity contribution in [3.63, 3.8) is 0 Å². The Morgan fingerprint density at radius 3 is 2.67 bits per heavy atom. The first-order valence-corrected chi connectivity index (χ1v) is 6.93. The molecule has 0 saturated carbocycles. The van der Waals surface area contributed by atoms with Crippen LogP contribution in [-0.4, -0.2) is 47.1 Å². The first-order chi connectivity index (χ1) is 8.65. The molecule has 2 bridgehead atoms. The Morgan fingerprint density at radius 1 is 1.22 bits per heavy atom. The molecule has 0 aromatic carbocycles. The molecule has 18 heavy (non-hydrogen) atoms. The molecule has 3 heterocycles. The van der Waals surface area contributed by atoms with E-state index in [2.05, 4.69) is 5.32 Å². The van der Waals surface area contributed by atoms with E-state index in [9.17, 15) is 9.59 Å². The van der Waals surface area contributed by atoms with Crippen molar-refractivity contribution in [3.05, 3.63) is 0 Å². The summed E-state index contributed by atoms with van der Waals surface area (Å²) >= 11 is 0. The van der Waals surface area contributed by atoms with Crippen molar-refractivity contribution in [2.24, 2.45) is 11.8 Å². The molecule has 0 aromatic rings. The summed E-state index contributed by atoms with van der Waals surface area (Å²) in [6, 6.07) is 0.858. The Hall–Kier alpha value is -1.10. The van der Waals surface area contributed by atoms with Crippen LogP contribution in [0.1, 0.15) is 32.1 Å². The van der Waals surface area contributed by atoms with Crippen LogP contribution in [0, 0.1) is 11.8 Å². The largest absolute Gasteiger partial charge is 0.481 e. The van der Waals surface area contributed by atoms with Crippen molar-refractivity contribution in [1.29, 1.82) is 0 Å². The summed E-state index contributed by atoms with van der Waals surface area (Å²) in [5, 5.41) is 12.5. The molecule has 100 valence electrons. The van der Waals surface area contributed by atoms with E-state index in [0.717, 1.165) is 25.8 Å². The molecule has 5 heteroatoms. The summed E-state index contributed by atoms with van der Waals surface area (Å²) in [6.45, 7) is 1.14. The third kappa shape index (κ3) is 2.00. The molecule has 1 amide bonds. The molecule has 0 aliphatic carbocycles. The number of aliphatic carboxylic acids is 1. The van der Waals surface area contributed by atoms with Gasteiger partial charge in [-0.3, -0.25) is 9.59 Å². The summed E-state index contributed by atoms with van der Waals surface area (Å²) < 4.78 is 0. The molecule has 3 rings (SSSR count). The molecular weight excluding hydrogens is 232 g/mol. The fourth-order valence-electron chi connectivity index (χ4n) is 3.71. The zero-order valence-electron chi connectivity index (χ0n) is 10.5. The predicted octanol–water partition coefficient (Wildman–Crippen LogP) is 0.450. The lowest BCUT2D eigenvalue weighted by molar-refractivity contribution is -0.147. The molecule has 3 aliphatic heterocycles. The van der Waals surface area contributed by atoms with Crippen molar-refractivity contribution in [1.82, 2.24) is 10.2 Å². The zero-order valence-corrected chi connectivity index (χ0v) is 10.5. The molecule has 3 aliphatic rings. The first kappa shape index (κ1) is 12.0. The van der Waals surface area contributed by atoms with Gasteiger partial charge in [0.1, 0.15) is 0 Å². The molecule has 0 radical (unpaired) electrons. The number of hydrogen-bond acceptors (Lipinski definition) is 3. The average molecular weight is 252 g/mol. The molecule has 0 aromatic heterocycles. The van der Waals surface area contributed by atoms with Gasteiger partial charge in [0.05, 0.1) is 11.8 Å². The Balaban J connectivity index is 1.64. The van der Waals surface area contributed by atoms with Crippen molar-refractivity contribution in [3.8, 4) is 0 Å². The number of nitrogens with one attached hydrogen (secondary N) is 1. The van der Waals surface area contributed by atoms with E-state index in [4.69, 9.17) is 5.11 Å². The number of hydrogen-bond donors (Lipinski definition) is 2. The van der Waals surface area contributed by atoms with Gasteiger partial charge >= 0.3 is 5.97 Å². The molecule has 5 nitrogen and oxygen atoms in total. The highest BCUT2D eigenvalue weighted by atomic mass is 16.4. The van der Waals surface area contributed by atoms with Gasteiger partial charge in [0.15, 0.2) is 0 Å². The van der Waals surface area contributed by atoms with Gasteiger partial charge < -0.3 is 15.3 Å². The van der Waals surface area contributed by atoms with E-state index in [1.807, 2.05) is 0 Å². The minimum Gasteiger partial charge on any atom is -0.481 e. The fraction of sp³-hybridized carbons (Fsp3) is 0.846. The standard InChI is InChI=1S/C13H20N2O3/c16-12(10-6-9-3-4-11(10)14-9)15-5-1-2-8(7-15)13(17)18/h8-11,14H,1-7H2,(H,17,18)/t8-,9?,10?,11?/m1/s1. The minimum atomic E-state index is -0.765. The number of nitrogens with zero attached hydrogens (tertiary/aromatic N) is 1. The van der Waals surface area contributed by atoms with E-state index in [1.165, 1.54) is 6.42 Å². The summed E-state index contributed by atoms with van der Waals surface area (Å²) in [5.74, 6) is -0.857. The Kier molecular flexibility index (Phi) is 3.01. The number of amides is 1. The Labute approximate surface area is 107 Å². The second-order valence-corrected chi connectivity index (χ2v) is 5.85. The van der Waals surface area contributed by atoms with Crippen LogP contribution >= 0.6 is 0 Å². The highest BCUT2D eigenvalue weighted by Gasteiger charge is 2.44. The number of carbonyl (C=O) groups is 2. The molecule has 2 N–H and O–H groups in total. The summed E-state index contributed by atoms with van der Waals surface area (Å²) in [7, 11) is 0. The van der Waals surface area contributed by atoms with Gasteiger partial charge in [-0.2, -0.15) is 0 Å². The van der Waals surface area contributed by atoms with Crippen molar-refractivity contribution < 1.29 is 14.7 Å². The number of likely N-dealkylation sites (tertiary alicyclic amines) is 1. The Bertz CT molecular complexity index is 371. The molecule has 3 unspecified atom stereocenters. The van der Waals surface area contributed by atoms with Crippen LogP contribution in [-0.2, 0) is 9.59 Å². The lowest BCUT2D eigenvalue weighted by Gasteiger charge is -2.34. The second-order valence-electron chi connectivity index (χ2n) is 5.85. The quantitative estimate of drug-likeness (QED) is 0.748. The van der Waals surface area contributed by atoms with E-state index in [-0.39, 0.29) is 17.7 Å². The topological polar surface area (TPSA) is 69.6 Å². The summed E-state index contributed by atoms with van der Waals surface area (Å²) in [6.07, 6.45) is 4.74. The summed E-state index contributed by atoms with van der Waals surface area (Å²) in [4.78, 5) is 25.3. The normalized spacial score (nSPS) is 39.0. The maximum atomic E-state index is 12.5. The van der Waals surface area contributed by atoms with Crippen LogP contribution in [0.3, 0.4) is 0 Å². The van der Waals surface area contributed by atoms with Gasteiger partial charge in [-0.1, -0.05) is 0 Å². The average Bonchev–Trinajstić information content (AvgIpc) is 3.00. The number of fused-ring (bicyclic) bond motifs is 2. The molecule has 4 atom stereocenters. The van der Waals surface area contributed by atoms with Gasteiger partial charge in [0.2, 0.25) is 5.91 Å². The summed E-state index contributed by atoms with van der Waals surface area (Å²) in [5.41, 5.74) is 0. The van der Waals surface area contributed by atoms with Gasteiger partial charge in [0.25, 0.3) is 0 Å². The highest BCUT2D eigenvalue weighted by molar-refractivity contribution is 5.81. The van der Waals surface area contributed by atoms with Gasteiger partial charge in [-0.15, -0.1) is 0 Å².